The van der Waals surface area contributed by atoms with Gasteiger partial charge in [0.05, 0.1) is 12.8 Å². The van der Waals surface area contributed by atoms with Gasteiger partial charge in [-0.25, -0.2) is 0 Å². The lowest BCUT2D eigenvalue weighted by atomic mass is 10.1. The molecule has 0 fully saturated rings. The van der Waals surface area contributed by atoms with E-state index in [2.05, 4.69) is 47.9 Å². The van der Waals surface area contributed by atoms with Gasteiger partial charge in [-0.3, -0.25) is 9.59 Å². The van der Waals surface area contributed by atoms with E-state index in [0.29, 0.717) is 0 Å². The maximum Gasteiger partial charge on any atom is 0.305 e. The Kier molecular flexibility index (Phi) is 7.41. The molecule has 3 rings (SSSR count). The van der Waals surface area contributed by atoms with Crippen LogP contribution in [0.4, 0.5) is 5.69 Å². The predicted molar refractivity (Wildman–Crippen MR) is 125 cm³/mol. The molecular weight excluding hydrogens is 412 g/mol. The number of rotatable bonds is 10. The zero-order chi connectivity index (χ0) is 22.4. The van der Waals surface area contributed by atoms with Crippen LogP contribution in [0.3, 0.4) is 0 Å². The fourth-order valence-corrected chi connectivity index (χ4v) is 4.67. The SMILES string of the molecule is CC[n+]1c(/C=C/c2ccc(N(CCC(=O)O)CCC(=O)O)cc2C)sc2ccccc21. The number of fused-ring (bicyclic) bond motifs is 1. The first-order chi connectivity index (χ1) is 14.9. The van der Waals surface area contributed by atoms with E-state index in [0.717, 1.165) is 23.4 Å². The monoisotopic (exact) mass is 439 g/mol. The first-order valence-corrected chi connectivity index (χ1v) is 11.1. The number of anilines is 1. The second kappa shape index (κ2) is 10.2. The Hall–Kier alpha value is -3.19. The summed E-state index contributed by atoms with van der Waals surface area (Å²) in [5.74, 6) is -1.80. The van der Waals surface area contributed by atoms with Crippen molar-refractivity contribution in [2.75, 3.05) is 18.0 Å². The molecule has 0 spiro atoms. The van der Waals surface area contributed by atoms with Gasteiger partial charge in [0.1, 0.15) is 11.2 Å². The van der Waals surface area contributed by atoms with Crippen LogP contribution in [-0.4, -0.2) is 35.2 Å². The van der Waals surface area contributed by atoms with Gasteiger partial charge >= 0.3 is 11.9 Å². The van der Waals surface area contributed by atoms with Crippen molar-refractivity contribution in [3.8, 4) is 0 Å². The molecule has 2 aromatic carbocycles. The predicted octanol–water partition coefficient (Wildman–Crippen LogP) is 4.44. The Morgan fingerprint density at radius 1 is 1.03 bits per heavy atom. The number of hydrogen-bond acceptors (Lipinski definition) is 4. The van der Waals surface area contributed by atoms with E-state index in [9.17, 15) is 9.59 Å². The smallest absolute Gasteiger partial charge is 0.305 e. The highest BCUT2D eigenvalue weighted by atomic mass is 32.1. The molecule has 162 valence electrons. The molecule has 0 aliphatic rings. The number of para-hydroxylation sites is 1. The van der Waals surface area contributed by atoms with Gasteiger partial charge in [0, 0.05) is 30.9 Å². The van der Waals surface area contributed by atoms with Crippen LogP contribution in [0.25, 0.3) is 22.4 Å². The van der Waals surface area contributed by atoms with E-state index in [4.69, 9.17) is 10.2 Å². The third kappa shape index (κ3) is 5.70. The Morgan fingerprint density at radius 2 is 1.71 bits per heavy atom. The number of thiazole rings is 1. The molecule has 7 heteroatoms. The third-order valence-corrected chi connectivity index (χ3v) is 6.30. The Labute approximate surface area is 185 Å². The zero-order valence-corrected chi connectivity index (χ0v) is 18.6. The van der Waals surface area contributed by atoms with Crippen molar-refractivity contribution in [3.63, 3.8) is 0 Å². The third-order valence-electron chi connectivity index (χ3n) is 5.17. The maximum atomic E-state index is 11.0. The number of nitrogens with zero attached hydrogens (tertiary/aromatic N) is 2. The molecular formula is C24H27N2O4S+. The van der Waals surface area contributed by atoms with E-state index >= 15 is 0 Å². The van der Waals surface area contributed by atoms with E-state index in [1.54, 1.807) is 11.3 Å². The Bertz CT molecular complexity index is 1100. The summed E-state index contributed by atoms with van der Waals surface area (Å²) in [5, 5.41) is 19.2. The summed E-state index contributed by atoms with van der Waals surface area (Å²) in [7, 11) is 0. The van der Waals surface area contributed by atoms with Crippen molar-refractivity contribution < 1.29 is 24.4 Å². The van der Waals surface area contributed by atoms with Crippen LogP contribution in [0.1, 0.15) is 35.9 Å². The average molecular weight is 440 g/mol. The fraction of sp³-hybridized carbons (Fsp3) is 0.292. The lowest BCUT2D eigenvalue weighted by Crippen LogP contribution is -2.33. The Morgan fingerprint density at radius 3 is 2.32 bits per heavy atom. The van der Waals surface area contributed by atoms with Gasteiger partial charge in [0.2, 0.25) is 5.52 Å². The minimum atomic E-state index is -0.899. The Balaban J connectivity index is 1.84. The molecule has 0 aliphatic carbocycles. The van der Waals surface area contributed by atoms with Crippen molar-refractivity contribution in [3.05, 3.63) is 58.6 Å². The lowest BCUT2D eigenvalue weighted by Gasteiger charge is -2.24. The van der Waals surface area contributed by atoms with Crippen molar-refractivity contribution >= 4 is 51.3 Å². The van der Waals surface area contributed by atoms with Crippen molar-refractivity contribution in [2.24, 2.45) is 0 Å². The minimum Gasteiger partial charge on any atom is -0.481 e. The van der Waals surface area contributed by atoms with Crippen LogP contribution < -0.4 is 9.47 Å². The molecule has 31 heavy (non-hydrogen) atoms. The van der Waals surface area contributed by atoms with Crippen LogP contribution in [-0.2, 0) is 16.1 Å². The molecule has 6 nitrogen and oxygen atoms in total. The van der Waals surface area contributed by atoms with E-state index in [1.165, 1.54) is 15.2 Å². The molecule has 0 amide bonds. The highest BCUT2D eigenvalue weighted by Gasteiger charge is 2.16. The van der Waals surface area contributed by atoms with E-state index in [1.807, 2.05) is 30.0 Å². The highest BCUT2D eigenvalue weighted by molar-refractivity contribution is 7.18. The van der Waals surface area contributed by atoms with E-state index < -0.39 is 11.9 Å². The number of carboxylic acids is 2. The molecule has 0 unspecified atom stereocenters. The van der Waals surface area contributed by atoms with Crippen LogP contribution in [0.2, 0.25) is 0 Å². The number of aliphatic carboxylic acids is 2. The van der Waals surface area contributed by atoms with Crippen molar-refractivity contribution in [1.29, 1.82) is 0 Å². The van der Waals surface area contributed by atoms with Crippen LogP contribution in [0, 0.1) is 6.92 Å². The summed E-state index contributed by atoms with van der Waals surface area (Å²) >= 11 is 1.76. The van der Waals surface area contributed by atoms with Crippen LogP contribution in [0.15, 0.2) is 42.5 Å². The topological polar surface area (TPSA) is 81.7 Å². The number of aromatic nitrogens is 1. The summed E-state index contributed by atoms with van der Waals surface area (Å²) in [6, 6.07) is 14.3. The lowest BCUT2D eigenvalue weighted by molar-refractivity contribution is -0.665. The molecule has 0 atom stereocenters. The van der Waals surface area contributed by atoms with E-state index in [-0.39, 0.29) is 25.9 Å². The summed E-state index contributed by atoms with van der Waals surface area (Å²) in [6.45, 7) is 5.59. The number of carbonyl (C=O) groups is 2. The fourth-order valence-electron chi connectivity index (χ4n) is 3.54. The first kappa shape index (κ1) is 22.5. The van der Waals surface area contributed by atoms with Gasteiger partial charge in [0.25, 0.3) is 5.01 Å². The van der Waals surface area contributed by atoms with Gasteiger partial charge in [-0.1, -0.05) is 29.5 Å². The van der Waals surface area contributed by atoms with Gasteiger partial charge in [0.15, 0.2) is 0 Å². The summed E-state index contributed by atoms with van der Waals surface area (Å²) in [5.41, 5.74) is 4.19. The molecule has 0 aliphatic heterocycles. The van der Waals surface area contributed by atoms with Crippen molar-refractivity contribution in [2.45, 2.75) is 33.2 Å². The second-order valence-electron chi connectivity index (χ2n) is 7.30. The first-order valence-electron chi connectivity index (χ1n) is 10.3. The number of hydrogen-bond donors (Lipinski definition) is 2. The maximum absolute atomic E-state index is 11.0. The molecule has 1 heterocycles. The van der Waals surface area contributed by atoms with Gasteiger partial charge in [-0.2, -0.15) is 4.57 Å². The highest BCUT2D eigenvalue weighted by Crippen LogP contribution is 2.24. The molecule has 1 aromatic heterocycles. The van der Waals surface area contributed by atoms with Crippen LogP contribution >= 0.6 is 11.3 Å². The van der Waals surface area contributed by atoms with Crippen molar-refractivity contribution in [1.82, 2.24) is 0 Å². The number of benzene rings is 2. The number of carboxylic acid groups (broad SMARTS) is 2. The molecule has 3 aromatic rings. The summed E-state index contributed by atoms with van der Waals surface area (Å²) in [6.07, 6.45) is 4.14. The largest absolute Gasteiger partial charge is 0.481 e. The quantitative estimate of drug-likeness (QED) is 0.456. The zero-order valence-electron chi connectivity index (χ0n) is 17.7. The minimum absolute atomic E-state index is 0.0384. The van der Waals surface area contributed by atoms with Gasteiger partial charge in [-0.05, 0) is 49.2 Å². The normalized spacial score (nSPS) is 11.3. The van der Waals surface area contributed by atoms with Gasteiger partial charge in [-0.15, -0.1) is 0 Å². The van der Waals surface area contributed by atoms with Crippen LogP contribution in [0.5, 0.6) is 0 Å². The number of aryl methyl sites for hydroxylation is 2. The summed E-state index contributed by atoms with van der Waals surface area (Å²) < 4.78 is 3.54. The molecule has 0 bridgehead atoms. The second-order valence-corrected chi connectivity index (χ2v) is 8.36. The average Bonchev–Trinajstić information content (AvgIpc) is 3.10. The molecule has 0 radical (unpaired) electrons. The molecule has 2 N–H and O–H groups in total. The standard InChI is InChI=1S/C24H26N2O4S/c1-3-26-20-6-4-5-7-21(20)31-22(26)11-9-18-8-10-19(16-17(18)2)25(14-12-23(27)28)15-13-24(29)30/h4-11,16H,3,12-15H2,1-2H3,(H-,27,28,29,30)/p+1. The van der Waals surface area contributed by atoms with Gasteiger partial charge < -0.3 is 15.1 Å². The molecule has 0 saturated carbocycles. The molecule has 0 saturated heterocycles. The summed E-state index contributed by atoms with van der Waals surface area (Å²) in [4.78, 5) is 23.8.